The summed E-state index contributed by atoms with van der Waals surface area (Å²) in [5.74, 6) is -0.471. The standard InChI is InChI=1S/C22H25NO3/c1-15-10-11-17-14-18(13-16-8-6-5-7-9-16)20(24)23(19(17)12-15)21(25)26-22(2,3)4/h5-12,18H,13-14H2,1-4H3/t18-/m0/s1. The molecule has 26 heavy (non-hydrogen) atoms. The van der Waals surface area contributed by atoms with Crippen molar-refractivity contribution >= 4 is 17.7 Å². The molecule has 1 aliphatic heterocycles. The summed E-state index contributed by atoms with van der Waals surface area (Å²) in [4.78, 5) is 27.2. The van der Waals surface area contributed by atoms with Gasteiger partial charge in [0.05, 0.1) is 5.69 Å². The summed E-state index contributed by atoms with van der Waals surface area (Å²) in [5.41, 5.74) is 3.08. The highest BCUT2D eigenvalue weighted by atomic mass is 16.6. The van der Waals surface area contributed by atoms with Crippen molar-refractivity contribution in [3.05, 3.63) is 65.2 Å². The molecule has 1 heterocycles. The molecule has 0 radical (unpaired) electrons. The molecule has 0 N–H and O–H groups in total. The van der Waals surface area contributed by atoms with Crippen LogP contribution >= 0.6 is 0 Å². The van der Waals surface area contributed by atoms with Crippen LogP contribution in [0, 0.1) is 12.8 Å². The number of benzene rings is 2. The highest BCUT2D eigenvalue weighted by molar-refractivity contribution is 6.15. The van der Waals surface area contributed by atoms with E-state index in [-0.39, 0.29) is 11.8 Å². The molecule has 0 saturated heterocycles. The van der Waals surface area contributed by atoms with Crippen molar-refractivity contribution < 1.29 is 14.3 Å². The van der Waals surface area contributed by atoms with E-state index < -0.39 is 11.7 Å². The van der Waals surface area contributed by atoms with Gasteiger partial charge in [-0.3, -0.25) is 4.79 Å². The van der Waals surface area contributed by atoms with Gasteiger partial charge in [0, 0.05) is 5.92 Å². The number of rotatable bonds is 2. The maximum atomic E-state index is 13.2. The molecule has 3 rings (SSSR count). The van der Waals surface area contributed by atoms with Crippen molar-refractivity contribution in [3.63, 3.8) is 0 Å². The van der Waals surface area contributed by atoms with Crippen LogP contribution in [-0.2, 0) is 22.4 Å². The summed E-state index contributed by atoms with van der Waals surface area (Å²) >= 11 is 0. The second-order valence-electron chi connectivity index (χ2n) is 7.88. The normalized spacial score (nSPS) is 17.0. The van der Waals surface area contributed by atoms with Gasteiger partial charge in [0.2, 0.25) is 5.91 Å². The predicted octanol–water partition coefficient (Wildman–Crippen LogP) is 4.68. The van der Waals surface area contributed by atoms with E-state index in [4.69, 9.17) is 4.74 Å². The van der Waals surface area contributed by atoms with E-state index in [0.717, 1.165) is 16.7 Å². The molecule has 136 valence electrons. The van der Waals surface area contributed by atoms with Gasteiger partial charge in [-0.1, -0.05) is 42.5 Å². The Bertz CT molecular complexity index is 821. The first-order chi connectivity index (χ1) is 12.2. The number of hydrogen-bond donors (Lipinski definition) is 0. The lowest BCUT2D eigenvalue weighted by molar-refractivity contribution is -0.122. The maximum absolute atomic E-state index is 13.2. The number of hydrogen-bond acceptors (Lipinski definition) is 3. The Balaban J connectivity index is 1.96. The predicted molar refractivity (Wildman–Crippen MR) is 102 cm³/mol. The summed E-state index contributed by atoms with van der Waals surface area (Å²) in [6, 6.07) is 15.8. The molecule has 0 fully saturated rings. The van der Waals surface area contributed by atoms with Gasteiger partial charge in [-0.05, 0) is 63.3 Å². The second-order valence-corrected chi connectivity index (χ2v) is 7.88. The molecule has 0 unspecified atom stereocenters. The maximum Gasteiger partial charge on any atom is 0.421 e. The Hall–Kier alpha value is -2.62. The van der Waals surface area contributed by atoms with Gasteiger partial charge in [0.15, 0.2) is 0 Å². The van der Waals surface area contributed by atoms with Crippen LogP contribution in [0.25, 0.3) is 0 Å². The van der Waals surface area contributed by atoms with Gasteiger partial charge in [0.1, 0.15) is 5.60 Å². The minimum absolute atomic E-state index is 0.193. The average Bonchev–Trinajstić information content (AvgIpc) is 2.55. The molecule has 2 amide bonds. The number of imide groups is 1. The molecule has 4 nitrogen and oxygen atoms in total. The van der Waals surface area contributed by atoms with Gasteiger partial charge in [0.25, 0.3) is 0 Å². The monoisotopic (exact) mass is 351 g/mol. The lowest BCUT2D eigenvalue weighted by Crippen LogP contribution is -2.48. The number of anilines is 1. The van der Waals surface area contributed by atoms with E-state index in [9.17, 15) is 9.59 Å². The van der Waals surface area contributed by atoms with Crippen LogP contribution in [0.2, 0.25) is 0 Å². The number of aryl methyl sites for hydroxylation is 1. The zero-order valence-electron chi connectivity index (χ0n) is 15.8. The summed E-state index contributed by atoms with van der Waals surface area (Å²) in [6.07, 6.45) is 0.627. The van der Waals surface area contributed by atoms with E-state index in [0.29, 0.717) is 18.5 Å². The van der Waals surface area contributed by atoms with Crippen LogP contribution < -0.4 is 4.90 Å². The molecule has 2 aromatic rings. The molecule has 0 aliphatic carbocycles. The van der Waals surface area contributed by atoms with Crippen molar-refractivity contribution in [2.24, 2.45) is 5.92 Å². The van der Waals surface area contributed by atoms with Crippen LogP contribution in [0.5, 0.6) is 0 Å². The van der Waals surface area contributed by atoms with Crippen LogP contribution in [0.3, 0.4) is 0 Å². The van der Waals surface area contributed by atoms with E-state index in [1.807, 2.05) is 55.5 Å². The molecule has 0 aromatic heterocycles. The molecule has 0 spiro atoms. The zero-order chi connectivity index (χ0) is 18.9. The second kappa shape index (κ2) is 6.94. The molecular formula is C22H25NO3. The summed E-state index contributed by atoms with van der Waals surface area (Å²) in [7, 11) is 0. The fourth-order valence-corrected chi connectivity index (χ4v) is 3.26. The molecule has 4 heteroatoms. The smallest absolute Gasteiger partial charge is 0.421 e. The minimum Gasteiger partial charge on any atom is -0.443 e. The molecule has 1 aliphatic rings. The molecule has 0 bridgehead atoms. The quantitative estimate of drug-likeness (QED) is 0.789. The van der Waals surface area contributed by atoms with Crippen molar-refractivity contribution in [2.75, 3.05) is 4.90 Å². The third-order valence-corrected chi connectivity index (χ3v) is 4.42. The molecule has 1 atom stereocenters. The van der Waals surface area contributed by atoms with E-state index in [1.165, 1.54) is 4.90 Å². The minimum atomic E-state index is -0.659. The van der Waals surface area contributed by atoms with Crippen molar-refractivity contribution in [2.45, 2.75) is 46.1 Å². The molecule has 2 aromatic carbocycles. The first-order valence-corrected chi connectivity index (χ1v) is 8.95. The van der Waals surface area contributed by atoms with Gasteiger partial charge in [-0.25, -0.2) is 9.69 Å². The third kappa shape index (κ3) is 3.96. The van der Waals surface area contributed by atoms with Crippen molar-refractivity contribution in [1.82, 2.24) is 0 Å². The largest absolute Gasteiger partial charge is 0.443 e. The van der Waals surface area contributed by atoms with Crippen LogP contribution in [0.4, 0.5) is 10.5 Å². The van der Waals surface area contributed by atoms with Crippen LogP contribution in [0.15, 0.2) is 48.5 Å². The molecule has 0 saturated carbocycles. The Kier molecular flexibility index (Phi) is 4.86. The molecular weight excluding hydrogens is 326 g/mol. The number of nitrogens with zero attached hydrogens (tertiary/aromatic N) is 1. The lowest BCUT2D eigenvalue weighted by atomic mass is 9.86. The number of fused-ring (bicyclic) bond motifs is 1. The summed E-state index contributed by atoms with van der Waals surface area (Å²) < 4.78 is 5.51. The first kappa shape index (κ1) is 18.2. The summed E-state index contributed by atoms with van der Waals surface area (Å²) in [5, 5.41) is 0. The van der Waals surface area contributed by atoms with Gasteiger partial charge < -0.3 is 4.74 Å². The highest BCUT2D eigenvalue weighted by Crippen LogP contribution is 2.34. The van der Waals surface area contributed by atoms with E-state index in [2.05, 4.69) is 0 Å². The first-order valence-electron chi connectivity index (χ1n) is 8.95. The number of amides is 2. The van der Waals surface area contributed by atoms with Gasteiger partial charge in [-0.2, -0.15) is 0 Å². The Labute approximate surface area is 154 Å². The Morgan fingerprint density at radius 3 is 2.50 bits per heavy atom. The van der Waals surface area contributed by atoms with Crippen molar-refractivity contribution in [3.8, 4) is 0 Å². The number of carbonyl (C=O) groups excluding carboxylic acids is 2. The Morgan fingerprint density at radius 2 is 1.85 bits per heavy atom. The fourth-order valence-electron chi connectivity index (χ4n) is 3.26. The fraction of sp³-hybridized carbons (Fsp3) is 0.364. The summed E-state index contributed by atoms with van der Waals surface area (Å²) in [6.45, 7) is 7.36. The topological polar surface area (TPSA) is 46.6 Å². The lowest BCUT2D eigenvalue weighted by Gasteiger charge is -2.34. The Morgan fingerprint density at radius 1 is 1.15 bits per heavy atom. The van der Waals surface area contributed by atoms with E-state index >= 15 is 0 Å². The van der Waals surface area contributed by atoms with Gasteiger partial charge >= 0.3 is 6.09 Å². The average molecular weight is 351 g/mol. The van der Waals surface area contributed by atoms with Gasteiger partial charge in [-0.15, -0.1) is 0 Å². The van der Waals surface area contributed by atoms with E-state index in [1.54, 1.807) is 20.8 Å². The zero-order valence-corrected chi connectivity index (χ0v) is 15.8. The SMILES string of the molecule is Cc1ccc2c(c1)N(C(=O)OC(C)(C)C)C(=O)[C@@H](Cc1ccccc1)C2. The van der Waals surface area contributed by atoms with Crippen LogP contribution in [-0.4, -0.2) is 17.6 Å². The highest BCUT2D eigenvalue weighted by Gasteiger charge is 2.38. The van der Waals surface area contributed by atoms with Crippen molar-refractivity contribution in [1.29, 1.82) is 0 Å². The number of carbonyl (C=O) groups is 2. The van der Waals surface area contributed by atoms with Crippen LogP contribution in [0.1, 0.15) is 37.5 Å². The third-order valence-electron chi connectivity index (χ3n) is 4.42. The number of ether oxygens (including phenoxy) is 1.